The molecule has 102 valence electrons. The number of carbonyl (C=O) groups excluding carboxylic acids is 1. The number of aromatic nitrogens is 1. The van der Waals surface area contributed by atoms with Gasteiger partial charge < -0.3 is 11.1 Å². The van der Waals surface area contributed by atoms with Gasteiger partial charge in [0, 0.05) is 12.0 Å². The van der Waals surface area contributed by atoms with Crippen molar-refractivity contribution in [3.63, 3.8) is 0 Å². The average Bonchev–Trinajstić information content (AvgIpc) is 2.66. The summed E-state index contributed by atoms with van der Waals surface area (Å²) in [4.78, 5) is 16.2. The number of benzene rings is 1. The molecule has 2 aromatic rings. The Morgan fingerprint density at radius 2 is 2.21 bits per heavy atom. The lowest BCUT2D eigenvalue weighted by Crippen LogP contribution is -2.33. The lowest BCUT2D eigenvalue weighted by molar-refractivity contribution is -0.116. The van der Waals surface area contributed by atoms with Gasteiger partial charge in [-0.3, -0.25) is 4.79 Å². The lowest BCUT2D eigenvalue weighted by atomic mass is 10.00. The molecular weight excluding hydrogens is 258 g/mol. The molecule has 0 spiro atoms. The number of anilines is 1. The van der Waals surface area contributed by atoms with Crippen LogP contribution in [-0.2, 0) is 4.79 Å². The van der Waals surface area contributed by atoms with E-state index in [4.69, 9.17) is 5.73 Å². The summed E-state index contributed by atoms with van der Waals surface area (Å²) in [5.74, 6) is -0.0331. The van der Waals surface area contributed by atoms with Crippen molar-refractivity contribution in [1.82, 2.24) is 4.98 Å². The Labute approximate surface area is 117 Å². The SMILES string of the molecule is Cc1ccc2nc(NC(=O)CCC(C)(C)N)sc2c1. The number of nitrogens with zero attached hydrogens (tertiary/aromatic N) is 1. The first-order valence-corrected chi connectivity index (χ1v) is 7.11. The van der Waals surface area contributed by atoms with Gasteiger partial charge in [-0.1, -0.05) is 17.4 Å². The van der Waals surface area contributed by atoms with Crippen LogP contribution in [0.1, 0.15) is 32.3 Å². The molecule has 4 nitrogen and oxygen atoms in total. The Bertz CT molecular complexity index is 598. The lowest BCUT2D eigenvalue weighted by Gasteiger charge is -2.17. The molecule has 0 atom stereocenters. The zero-order chi connectivity index (χ0) is 14.0. The van der Waals surface area contributed by atoms with Gasteiger partial charge in [0.05, 0.1) is 10.2 Å². The third-order valence-electron chi connectivity index (χ3n) is 2.79. The highest BCUT2D eigenvalue weighted by molar-refractivity contribution is 7.22. The van der Waals surface area contributed by atoms with Gasteiger partial charge in [0.25, 0.3) is 0 Å². The molecule has 0 fully saturated rings. The predicted octanol–water partition coefficient (Wildman–Crippen LogP) is 3.06. The van der Waals surface area contributed by atoms with Gasteiger partial charge in [-0.2, -0.15) is 0 Å². The van der Waals surface area contributed by atoms with Crippen LogP contribution in [0.5, 0.6) is 0 Å². The van der Waals surface area contributed by atoms with Crippen molar-refractivity contribution in [1.29, 1.82) is 0 Å². The van der Waals surface area contributed by atoms with Crippen LogP contribution in [0.3, 0.4) is 0 Å². The highest BCUT2D eigenvalue weighted by Gasteiger charge is 2.14. The quantitative estimate of drug-likeness (QED) is 0.902. The van der Waals surface area contributed by atoms with E-state index in [1.807, 2.05) is 32.9 Å². The minimum atomic E-state index is -0.317. The van der Waals surface area contributed by atoms with E-state index in [0.717, 1.165) is 10.2 Å². The molecule has 0 aliphatic carbocycles. The number of thiazole rings is 1. The molecule has 2 rings (SSSR count). The third kappa shape index (κ3) is 4.01. The fourth-order valence-electron chi connectivity index (χ4n) is 1.70. The molecule has 0 aliphatic rings. The first-order valence-electron chi connectivity index (χ1n) is 6.29. The van der Waals surface area contributed by atoms with Gasteiger partial charge >= 0.3 is 0 Å². The molecule has 0 radical (unpaired) electrons. The molecule has 19 heavy (non-hydrogen) atoms. The number of fused-ring (bicyclic) bond motifs is 1. The van der Waals surface area contributed by atoms with E-state index in [9.17, 15) is 4.79 Å². The standard InChI is InChI=1S/C14H19N3OS/c1-9-4-5-10-11(8-9)19-13(16-10)17-12(18)6-7-14(2,3)15/h4-5,8H,6-7,15H2,1-3H3,(H,16,17,18). The van der Waals surface area contributed by atoms with Crippen LogP contribution in [0.25, 0.3) is 10.2 Å². The number of nitrogens with one attached hydrogen (secondary N) is 1. The Morgan fingerprint density at radius 1 is 1.47 bits per heavy atom. The van der Waals surface area contributed by atoms with Crippen molar-refractivity contribution in [2.75, 3.05) is 5.32 Å². The summed E-state index contributed by atoms with van der Waals surface area (Å²) in [6, 6.07) is 6.07. The highest BCUT2D eigenvalue weighted by Crippen LogP contribution is 2.26. The minimum absolute atomic E-state index is 0.0331. The van der Waals surface area contributed by atoms with E-state index >= 15 is 0 Å². The van der Waals surface area contributed by atoms with E-state index in [1.54, 1.807) is 0 Å². The number of amides is 1. The smallest absolute Gasteiger partial charge is 0.226 e. The Morgan fingerprint density at radius 3 is 2.89 bits per heavy atom. The van der Waals surface area contributed by atoms with Gasteiger partial charge in [0.2, 0.25) is 5.91 Å². The molecule has 1 amide bonds. The fourth-order valence-corrected chi connectivity index (χ4v) is 2.68. The molecule has 1 aromatic heterocycles. The maximum atomic E-state index is 11.8. The second-order valence-corrected chi connectivity index (χ2v) is 6.56. The Hall–Kier alpha value is -1.46. The summed E-state index contributed by atoms with van der Waals surface area (Å²) in [6.07, 6.45) is 1.07. The van der Waals surface area contributed by atoms with Gasteiger partial charge in [-0.05, 0) is 44.9 Å². The van der Waals surface area contributed by atoms with Crippen molar-refractivity contribution in [2.45, 2.75) is 39.2 Å². The van der Waals surface area contributed by atoms with E-state index < -0.39 is 0 Å². The summed E-state index contributed by atoms with van der Waals surface area (Å²) >= 11 is 1.50. The second kappa shape index (κ2) is 5.27. The van der Waals surface area contributed by atoms with Crippen LogP contribution in [0, 0.1) is 6.92 Å². The van der Waals surface area contributed by atoms with Crippen LogP contribution < -0.4 is 11.1 Å². The van der Waals surface area contributed by atoms with Gasteiger partial charge in [-0.25, -0.2) is 4.98 Å². The van der Waals surface area contributed by atoms with E-state index in [0.29, 0.717) is 18.0 Å². The first-order chi connectivity index (χ1) is 8.83. The van der Waals surface area contributed by atoms with Gasteiger partial charge in [0.15, 0.2) is 5.13 Å². The second-order valence-electron chi connectivity index (χ2n) is 5.53. The molecule has 1 heterocycles. The zero-order valence-electron chi connectivity index (χ0n) is 11.5. The topological polar surface area (TPSA) is 68.0 Å². The summed E-state index contributed by atoms with van der Waals surface area (Å²) in [5.41, 5.74) is 7.66. The van der Waals surface area contributed by atoms with Crippen LogP contribution in [0.4, 0.5) is 5.13 Å². The third-order valence-corrected chi connectivity index (χ3v) is 3.72. The maximum absolute atomic E-state index is 11.8. The number of hydrogen-bond acceptors (Lipinski definition) is 4. The summed E-state index contributed by atoms with van der Waals surface area (Å²) in [7, 11) is 0. The molecule has 1 aromatic carbocycles. The average molecular weight is 277 g/mol. The number of aryl methyl sites for hydroxylation is 1. The number of hydrogen-bond donors (Lipinski definition) is 2. The molecule has 0 bridgehead atoms. The van der Waals surface area contributed by atoms with Gasteiger partial charge in [-0.15, -0.1) is 0 Å². The Balaban J connectivity index is 2.03. The monoisotopic (exact) mass is 277 g/mol. The normalized spacial score (nSPS) is 11.8. The van der Waals surface area contributed by atoms with Crippen molar-refractivity contribution in [3.8, 4) is 0 Å². The highest BCUT2D eigenvalue weighted by atomic mass is 32.1. The van der Waals surface area contributed by atoms with Crippen molar-refractivity contribution in [3.05, 3.63) is 23.8 Å². The van der Waals surface area contributed by atoms with Crippen molar-refractivity contribution in [2.24, 2.45) is 5.73 Å². The summed E-state index contributed by atoms with van der Waals surface area (Å²) in [5, 5.41) is 3.49. The molecule has 0 unspecified atom stereocenters. The first kappa shape index (κ1) is 14.0. The number of rotatable bonds is 4. The van der Waals surface area contributed by atoms with E-state index in [-0.39, 0.29) is 11.4 Å². The summed E-state index contributed by atoms with van der Waals surface area (Å²) in [6.45, 7) is 5.88. The molecule has 0 aliphatic heterocycles. The van der Waals surface area contributed by atoms with E-state index in [2.05, 4.69) is 16.4 Å². The van der Waals surface area contributed by atoms with Crippen molar-refractivity contribution < 1.29 is 4.79 Å². The van der Waals surface area contributed by atoms with Crippen LogP contribution in [0.15, 0.2) is 18.2 Å². The molecule has 0 saturated heterocycles. The largest absolute Gasteiger partial charge is 0.326 e. The number of nitrogens with two attached hydrogens (primary N) is 1. The summed E-state index contributed by atoms with van der Waals surface area (Å²) < 4.78 is 1.09. The van der Waals surface area contributed by atoms with Gasteiger partial charge in [0.1, 0.15) is 0 Å². The molecule has 5 heteroatoms. The predicted molar refractivity (Wildman–Crippen MR) is 80.5 cm³/mol. The fraction of sp³-hybridized carbons (Fsp3) is 0.429. The van der Waals surface area contributed by atoms with Crippen LogP contribution in [-0.4, -0.2) is 16.4 Å². The van der Waals surface area contributed by atoms with Crippen LogP contribution >= 0.6 is 11.3 Å². The van der Waals surface area contributed by atoms with Crippen molar-refractivity contribution >= 4 is 32.6 Å². The minimum Gasteiger partial charge on any atom is -0.326 e. The molecule has 0 saturated carbocycles. The molecular formula is C14H19N3OS. The molecule has 3 N–H and O–H groups in total. The maximum Gasteiger partial charge on any atom is 0.226 e. The van der Waals surface area contributed by atoms with Crippen LogP contribution in [0.2, 0.25) is 0 Å². The zero-order valence-corrected chi connectivity index (χ0v) is 12.3. The van der Waals surface area contributed by atoms with E-state index in [1.165, 1.54) is 16.9 Å². The number of carbonyl (C=O) groups is 1. The Kier molecular flexibility index (Phi) is 3.87.